The fourth-order valence-corrected chi connectivity index (χ4v) is 4.18. The number of fused-ring (bicyclic) bond motifs is 1. The minimum Gasteiger partial charge on any atom is -0.358 e. The van der Waals surface area contributed by atoms with E-state index < -0.39 is 0 Å². The Kier molecular flexibility index (Phi) is 5.23. The van der Waals surface area contributed by atoms with E-state index in [1.54, 1.807) is 0 Å². The number of carbonyl (C=O) groups excluding carboxylic acids is 1. The lowest BCUT2D eigenvalue weighted by Gasteiger charge is -2.32. The van der Waals surface area contributed by atoms with E-state index in [1.165, 1.54) is 16.7 Å². The molecular weight excluding hydrogens is 346 g/mol. The number of aromatic amines is 1. The molecule has 2 N–H and O–H groups in total. The summed E-state index contributed by atoms with van der Waals surface area (Å²) < 4.78 is 0. The highest BCUT2D eigenvalue weighted by Crippen LogP contribution is 2.23. The van der Waals surface area contributed by atoms with Crippen molar-refractivity contribution < 1.29 is 4.79 Å². The Balaban J connectivity index is 1.34. The van der Waals surface area contributed by atoms with E-state index in [9.17, 15) is 4.79 Å². The van der Waals surface area contributed by atoms with Gasteiger partial charge < -0.3 is 10.3 Å². The lowest BCUT2D eigenvalue weighted by atomic mass is 10.0. The van der Waals surface area contributed by atoms with Crippen LogP contribution in [0.25, 0.3) is 10.9 Å². The van der Waals surface area contributed by atoms with Crippen molar-refractivity contribution >= 4 is 16.8 Å². The Morgan fingerprint density at radius 3 is 2.64 bits per heavy atom. The number of carbonyl (C=O) groups is 1. The molecule has 1 fully saturated rings. The van der Waals surface area contributed by atoms with Crippen LogP contribution in [0.3, 0.4) is 0 Å². The molecule has 4 rings (SSSR count). The van der Waals surface area contributed by atoms with Gasteiger partial charge in [0.15, 0.2) is 0 Å². The molecule has 0 aliphatic carbocycles. The number of likely N-dealkylation sites (tertiary alicyclic amines) is 1. The summed E-state index contributed by atoms with van der Waals surface area (Å²) in [5.74, 6) is 0.0392. The largest absolute Gasteiger partial charge is 0.358 e. The second kappa shape index (κ2) is 7.80. The van der Waals surface area contributed by atoms with Gasteiger partial charge in [-0.15, -0.1) is 0 Å². The van der Waals surface area contributed by atoms with Crippen LogP contribution < -0.4 is 5.32 Å². The predicted octanol–water partition coefficient (Wildman–Crippen LogP) is 4.49. The van der Waals surface area contributed by atoms with E-state index in [4.69, 9.17) is 0 Å². The summed E-state index contributed by atoms with van der Waals surface area (Å²) in [7, 11) is 0. The predicted molar refractivity (Wildman–Crippen MR) is 115 cm³/mol. The number of nitrogens with zero attached hydrogens (tertiary/aromatic N) is 1. The van der Waals surface area contributed by atoms with Gasteiger partial charge in [0.05, 0.1) is 0 Å². The van der Waals surface area contributed by atoms with Gasteiger partial charge in [-0.25, -0.2) is 0 Å². The van der Waals surface area contributed by atoms with Gasteiger partial charge in [-0.3, -0.25) is 9.69 Å². The zero-order valence-electron chi connectivity index (χ0n) is 17.0. The molecule has 0 atom stereocenters. The minimum absolute atomic E-state index is 0.0392. The van der Waals surface area contributed by atoms with Gasteiger partial charge in [-0.05, 0) is 62.9 Å². The van der Waals surface area contributed by atoms with Crippen LogP contribution in [0.2, 0.25) is 0 Å². The lowest BCUT2D eigenvalue weighted by molar-refractivity contribution is 0.0909. The summed E-state index contributed by atoms with van der Waals surface area (Å²) >= 11 is 0. The second-order valence-electron chi connectivity index (χ2n) is 8.15. The Bertz CT molecular complexity index is 996. The highest BCUT2D eigenvalue weighted by Gasteiger charge is 2.21. The van der Waals surface area contributed by atoms with Crippen LogP contribution in [0.4, 0.5) is 0 Å². The Labute approximate surface area is 166 Å². The highest BCUT2D eigenvalue weighted by molar-refractivity contribution is 5.99. The maximum absolute atomic E-state index is 12.7. The number of H-pyrrole nitrogens is 1. The van der Waals surface area contributed by atoms with Crippen LogP contribution in [-0.2, 0) is 6.54 Å². The van der Waals surface area contributed by atoms with Crippen molar-refractivity contribution in [2.75, 3.05) is 13.1 Å². The minimum atomic E-state index is 0.0392. The molecule has 28 heavy (non-hydrogen) atoms. The van der Waals surface area contributed by atoms with Gasteiger partial charge >= 0.3 is 0 Å². The van der Waals surface area contributed by atoms with Crippen molar-refractivity contribution in [2.45, 2.75) is 46.2 Å². The molecule has 0 unspecified atom stereocenters. The van der Waals surface area contributed by atoms with Gasteiger partial charge in [-0.1, -0.05) is 29.8 Å². The maximum atomic E-state index is 12.7. The Morgan fingerprint density at radius 2 is 1.89 bits per heavy atom. The van der Waals surface area contributed by atoms with Crippen LogP contribution in [0.15, 0.2) is 42.5 Å². The molecule has 1 amide bonds. The van der Waals surface area contributed by atoms with Gasteiger partial charge in [0, 0.05) is 47.8 Å². The molecule has 146 valence electrons. The van der Waals surface area contributed by atoms with Crippen LogP contribution >= 0.6 is 0 Å². The fraction of sp³-hybridized carbons (Fsp3) is 0.375. The first-order valence-electron chi connectivity index (χ1n) is 10.2. The first-order chi connectivity index (χ1) is 13.5. The highest BCUT2D eigenvalue weighted by atomic mass is 16.1. The van der Waals surface area contributed by atoms with Crippen LogP contribution in [0.1, 0.15) is 45.6 Å². The van der Waals surface area contributed by atoms with Crippen molar-refractivity contribution in [3.63, 3.8) is 0 Å². The smallest absolute Gasteiger partial charge is 0.251 e. The van der Waals surface area contributed by atoms with Crippen molar-refractivity contribution in [1.82, 2.24) is 15.2 Å². The Morgan fingerprint density at radius 1 is 1.11 bits per heavy atom. The number of nitrogens with one attached hydrogen (secondary N) is 2. The van der Waals surface area contributed by atoms with Gasteiger partial charge in [-0.2, -0.15) is 0 Å². The standard InChI is InChI=1S/C24H29N3O/c1-16-5-4-6-19(13-16)15-27-11-9-21(10-12-27)26-24(28)20-7-8-23-22(14-20)17(2)18(3)25-23/h4-8,13-14,21,25H,9-12,15H2,1-3H3,(H,26,28). The van der Waals surface area contributed by atoms with Crippen molar-refractivity contribution in [3.8, 4) is 0 Å². The molecule has 1 aliphatic rings. The molecule has 0 radical (unpaired) electrons. The third-order valence-electron chi connectivity index (χ3n) is 5.98. The summed E-state index contributed by atoms with van der Waals surface area (Å²) in [6, 6.07) is 14.9. The third kappa shape index (κ3) is 3.97. The molecule has 0 spiro atoms. The zero-order valence-corrected chi connectivity index (χ0v) is 17.0. The SMILES string of the molecule is Cc1cccc(CN2CCC(NC(=O)c3ccc4[nH]c(C)c(C)c4c3)CC2)c1. The van der Waals surface area contributed by atoms with Crippen LogP contribution in [-0.4, -0.2) is 34.9 Å². The molecule has 2 heterocycles. The van der Waals surface area contributed by atoms with E-state index in [1.807, 2.05) is 18.2 Å². The average molecular weight is 376 g/mol. The molecule has 1 aliphatic heterocycles. The Hall–Kier alpha value is -2.59. The van der Waals surface area contributed by atoms with Gasteiger partial charge in [0.25, 0.3) is 5.91 Å². The summed E-state index contributed by atoms with van der Waals surface area (Å²) in [6.07, 6.45) is 2.00. The number of hydrogen-bond acceptors (Lipinski definition) is 2. The summed E-state index contributed by atoms with van der Waals surface area (Å²) in [5.41, 5.74) is 6.90. The number of rotatable bonds is 4. The first-order valence-corrected chi connectivity index (χ1v) is 10.2. The summed E-state index contributed by atoms with van der Waals surface area (Å²) in [5, 5.41) is 4.38. The number of amides is 1. The van der Waals surface area contributed by atoms with Gasteiger partial charge in [0.1, 0.15) is 0 Å². The maximum Gasteiger partial charge on any atom is 0.251 e. The van der Waals surface area contributed by atoms with Crippen molar-refractivity contribution in [3.05, 3.63) is 70.4 Å². The quantitative estimate of drug-likeness (QED) is 0.706. The molecular formula is C24H29N3O. The monoisotopic (exact) mass is 375 g/mol. The van der Waals surface area contributed by atoms with E-state index in [0.717, 1.165) is 54.6 Å². The lowest BCUT2D eigenvalue weighted by Crippen LogP contribution is -2.44. The average Bonchev–Trinajstić information content (AvgIpc) is 2.97. The normalized spacial score (nSPS) is 15.8. The van der Waals surface area contributed by atoms with E-state index in [2.05, 4.69) is 60.2 Å². The van der Waals surface area contributed by atoms with Gasteiger partial charge in [0.2, 0.25) is 0 Å². The zero-order chi connectivity index (χ0) is 19.7. The van der Waals surface area contributed by atoms with Crippen molar-refractivity contribution in [2.24, 2.45) is 0 Å². The molecule has 1 aromatic heterocycles. The molecule has 0 bridgehead atoms. The molecule has 1 saturated heterocycles. The third-order valence-corrected chi connectivity index (χ3v) is 5.98. The van der Waals surface area contributed by atoms with Crippen molar-refractivity contribution in [1.29, 1.82) is 0 Å². The first kappa shape index (κ1) is 18.8. The van der Waals surface area contributed by atoms with E-state index in [-0.39, 0.29) is 11.9 Å². The number of piperidine rings is 1. The molecule has 4 nitrogen and oxygen atoms in total. The van der Waals surface area contributed by atoms with Crippen LogP contribution in [0.5, 0.6) is 0 Å². The molecule has 4 heteroatoms. The van der Waals surface area contributed by atoms with E-state index >= 15 is 0 Å². The molecule has 2 aromatic carbocycles. The number of aromatic nitrogens is 1. The van der Waals surface area contributed by atoms with E-state index in [0.29, 0.717) is 0 Å². The second-order valence-corrected chi connectivity index (χ2v) is 8.15. The molecule has 0 saturated carbocycles. The summed E-state index contributed by atoms with van der Waals surface area (Å²) in [4.78, 5) is 18.6. The summed E-state index contributed by atoms with van der Waals surface area (Å²) in [6.45, 7) is 9.34. The van der Waals surface area contributed by atoms with Crippen LogP contribution in [0, 0.1) is 20.8 Å². The topological polar surface area (TPSA) is 48.1 Å². The fourth-order valence-electron chi connectivity index (χ4n) is 4.18. The number of hydrogen-bond donors (Lipinski definition) is 2. The number of benzene rings is 2. The number of aryl methyl sites for hydroxylation is 3. The molecule has 3 aromatic rings.